The molecule has 7 nitrogen and oxygen atoms in total. The maximum absolute atomic E-state index is 13.8. The van der Waals surface area contributed by atoms with Crippen molar-refractivity contribution in [2.24, 2.45) is 0 Å². The van der Waals surface area contributed by atoms with E-state index in [0.717, 1.165) is 72.5 Å². The molecule has 0 radical (unpaired) electrons. The molecule has 39 heavy (non-hydrogen) atoms. The Morgan fingerprint density at radius 2 is 1.95 bits per heavy atom. The summed E-state index contributed by atoms with van der Waals surface area (Å²) in [4.78, 5) is 29.9. The van der Waals surface area contributed by atoms with Gasteiger partial charge in [-0.3, -0.25) is 9.59 Å². The van der Waals surface area contributed by atoms with Crippen molar-refractivity contribution in [1.29, 1.82) is 0 Å². The molecule has 0 N–H and O–H groups in total. The van der Waals surface area contributed by atoms with Gasteiger partial charge in [0.25, 0.3) is 15.9 Å². The number of carbonyl (C=O) groups excluding carboxylic acids is 2. The van der Waals surface area contributed by atoms with E-state index in [1.54, 1.807) is 12.0 Å². The largest absolute Gasteiger partial charge is 0.385 e. The first-order valence-electron chi connectivity index (χ1n) is 13.9. The first-order valence-corrected chi connectivity index (χ1v) is 16.2. The van der Waals surface area contributed by atoms with Crippen molar-refractivity contribution in [2.45, 2.75) is 68.0 Å². The van der Waals surface area contributed by atoms with Gasteiger partial charge in [0.2, 0.25) is 0 Å². The van der Waals surface area contributed by atoms with E-state index in [0.29, 0.717) is 35.9 Å². The molecular weight excluding hydrogens is 532 g/mol. The van der Waals surface area contributed by atoms with E-state index in [1.165, 1.54) is 20.5 Å². The fourth-order valence-electron chi connectivity index (χ4n) is 6.38. The molecule has 1 aromatic heterocycles. The van der Waals surface area contributed by atoms with Crippen LogP contribution in [0.1, 0.15) is 64.9 Å². The van der Waals surface area contributed by atoms with Crippen molar-refractivity contribution in [2.75, 3.05) is 31.7 Å². The Bertz CT molecular complexity index is 1520. The van der Waals surface area contributed by atoms with Gasteiger partial charge in [0.1, 0.15) is 4.21 Å². The molecule has 206 valence electrons. The number of sulfonamides is 1. The number of nitrogens with zero attached hydrogens (tertiary/aromatic N) is 2. The number of hydrogen-bond donors (Lipinski definition) is 0. The van der Waals surface area contributed by atoms with Crippen molar-refractivity contribution < 1.29 is 22.7 Å². The third-order valence-electron chi connectivity index (χ3n) is 8.33. The highest BCUT2D eigenvalue weighted by molar-refractivity contribution is 7.91. The summed E-state index contributed by atoms with van der Waals surface area (Å²) in [6, 6.07) is 10.7. The van der Waals surface area contributed by atoms with E-state index < -0.39 is 16.1 Å². The zero-order chi connectivity index (χ0) is 27.1. The molecular formula is C30H34N2O5S2. The number of hydrogen-bond acceptors (Lipinski definition) is 6. The lowest BCUT2D eigenvalue weighted by Gasteiger charge is -2.33. The molecule has 6 rings (SSSR count). The molecule has 2 aromatic carbocycles. The van der Waals surface area contributed by atoms with E-state index >= 15 is 0 Å². The molecule has 3 aromatic rings. The molecule has 9 heteroatoms. The quantitative estimate of drug-likeness (QED) is 0.335. The smallest absolute Gasteiger partial charge is 0.258 e. The maximum atomic E-state index is 13.8. The minimum atomic E-state index is -3.74. The lowest BCUT2D eigenvalue weighted by atomic mass is 9.93. The number of fused-ring (bicyclic) bond motifs is 1. The number of ether oxygens (including phenoxy) is 1. The van der Waals surface area contributed by atoms with E-state index in [9.17, 15) is 18.0 Å². The van der Waals surface area contributed by atoms with Crippen LogP contribution in [-0.2, 0) is 38.8 Å². The van der Waals surface area contributed by atoms with Crippen molar-refractivity contribution in [3.05, 3.63) is 58.0 Å². The number of methoxy groups -OCH3 is 1. The second kappa shape index (κ2) is 10.8. The predicted molar refractivity (Wildman–Crippen MR) is 153 cm³/mol. The summed E-state index contributed by atoms with van der Waals surface area (Å²) in [6.07, 6.45) is 7.06. The topological polar surface area (TPSA) is 84.0 Å². The number of rotatable bonds is 9. The van der Waals surface area contributed by atoms with Gasteiger partial charge >= 0.3 is 0 Å². The van der Waals surface area contributed by atoms with Crippen LogP contribution < -0.4 is 4.90 Å². The van der Waals surface area contributed by atoms with Gasteiger partial charge in [0, 0.05) is 49.1 Å². The Morgan fingerprint density at radius 1 is 1.10 bits per heavy atom. The van der Waals surface area contributed by atoms with Crippen LogP contribution in [0.3, 0.4) is 0 Å². The van der Waals surface area contributed by atoms with Crippen LogP contribution in [0.5, 0.6) is 0 Å². The minimum Gasteiger partial charge on any atom is -0.385 e. The van der Waals surface area contributed by atoms with E-state index in [4.69, 9.17) is 4.74 Å². The zero-order valence-corrected chi connectivity index (χ0v) is 23.9. The van der Waals surface area contributed by atoms with Gasteiger partial charge in [-0.05, 0) is 79.7 Å². The minimum absolute atomic E-state index is 0.0293. The number of aryl methyl sites for hydroxylation is 2. The summed E-state index contributed by atoms with van der Waals surface area (Å²) < 4.78 is 34.6. The highest BCUT2D eigenvalue weighted by Gasteiger charge is 2.39. The van der Waals surface area contributed by atoms with Crippen molar-refractivity contribution in [3.8, 4) is 0 Å². The first kappa shape index (κ1) is 26.6. The number of thiophene rings is 1. The molecule has 0 bridgehead atoms. The predicted octanol–water partition coefficient (Wildman–Crippen LogP) is 5.13. The molecule has 3 heterocycles. The Kier molecular flexibility index (Phi) is 7.35. The van der Waals surface area contributed by atoms with Gasteiger partial charge < -0.3 is 9.64 Å². The Labute approximate surface area is 233 Å². The van der Waals surface area contributed by atoms with Gasteiger partial charge in [0.05, 0.1) is 11.7 Å². The fourth-order valence-corrected chi connectivity index (χ4v) is 9.82. The molecule has 0 saturated carbocycles. The third kappa shape index (κ3) is 4.73. The van der Waals surface area contributed by atoms with Gasteiger partial charge in [0.15, 0.2) is 5.78 Å². The van der Waals surface area contributed by atoms with Crippen LogP contribution in [0.4, 0.5) is 5.69 Å². The first-order chi connectivity index (χ1) is 18.9. The molecule has 1 fully saturated rings. The summed E-state index contributed by atoms with van der Waals surface area (Å²) in [5.74, 6) is -0.111. The number of amides is 1. The standard InChI is InChI=1S/C30H34N2O5S2/c1-37-17-7-15-31-25-14-13-20(22-9-6-10-23(29(22)25)30(31)34)18-26(33)24-11-4-5-16-32(24)39(35,36)28-19-21-8-2-3-12-27(21)38-28/h6,9-10,13-14,19,24H,2-5,7-8,11-12,15-18H2,1H3. The van der Waals surface area contributed by atoms with Crippen LogP contribution in [-0.4, -0.2) is 57.3 Å². The van der Waals surface area contributed by atoms with Gasteiger partial charge in [-0.25, -0.2) is 8.42 Å². The molecule has 0 spiro atoms. The van der Waals surface area contributed by atoms with Gasteiger partial charge in [-0.15, -0.1) is 11.3 Å². The highest BCUT2D eigenvalue weighted by atomic mass is 32.2. The molecule has 1 amide bonds. The van der Waals surface area contributed by atoms with Crippen LogP contribution in [0.2, 0.25) is 0 Å². The van der Waals surface area contributed by atoms with E-state index in [-0.39, 0.29) is 18.1 Å². The summed E-state index contributed by atoms with van der Waals surface area (Å²) >= 11 is 1.39. The normalized spacial score (nSPS) is 19.6. The zero-order valence-electron chi connectivity index (χ0n) is 22.3. The van der Waals surface area contributed by atoms with Gasteiger partial charge in [-0.2, -0.15) is 4.31 Å². The second-order valence-electron chi connectivity index (χ2n) is 10.8. The number of carbonyl (C=O) groups is 2. The molecule has 1 atom stereocenters. The number of benzene rings is 2. The third-order valence-corrected chi connectivity index (χ3v) is 11.9. The SMILES string of the molecule is COCCCN1C(=O)c2cccc3c(CC(=O)C4CCCCN4S(=O)(=O)c4cc5c(s4)CCCC5)ccc1c23. The van der Waals surface area contributed by atoms with Crippen molar-refractivity contribution >= 4 is 49.5 Å². The number of ketones is 1. The van der Waals surface area contributed by atoms with Crippen LogP contribution in [0.25, 0.3) is 10.8 Å². The van der Waals surface area contributed by atoms with Crippen molar-refractivity contribution in [3.63, 3.8) is 0 Å². The lowest BCUT2D eigenvalue weighted by Crippen LogP contribution is -2.48. The molecule has 1 saturated heterocycles. The van der Waals surface area contributed by atoms with Crippen LogP contribution in [0.15, 0.2) is 40.6 Å². The summed E-state index contributed by atoms with van der Waals surface area (Å²) in [6.45, 7) is 1.51. The number of piperidine rings is 1. The van der Waals surface area contributed by atoms with E-state index in [2.05, 4.69) is 0 Å². The average molecular weight is 567 g/mol. The van der Waals surface area contributed by atoms with Gasteiger partial charge in [-0.1, -0.05) is 24.6 Å². The summed E-state index contributed by atoms with van der Waals surface area (Å²) in [7, 11) is -2.09. The lowest BCUT2D eigenvalue weighted by molar-refractivity contribution is -0.122. The molecule has 1 unspecified atom stereocenters. The van der Waals surface area contributed by atoms with Crippen molar-refractivity contribution in [1.82, 2.24) is 4.31 Å². The van der Waals surface area contributed by atoms with Crippen LogP contribution in [0, 0.1) is 0 Å². The Balaban J connectivity index is 1.28. The Morgan fingerprint density at radius 3 is 2.77 bits per heavy atom. The monoisotopic (exact) mass is 566 g/mol. The average Bonchev–Trinajstić information content (AvgIpc) is 3.51. The molecule has 3 aliphatic rings. The highest BCUT2D eigenvalue weighted by Crippen LogP contribution is 2.40. The number of anilines is 1. The summed E-state index contributed by atoms with van der Waals surface area (Å²) in [5.41, 5.74) is 3.50. The second-order valence-corrected chi connectivity index (χ2v) is 14.0. The van der Waals surface area contributed by atoms with E-state index in [1.807, 2.05) is 36.4 Å². The maximum Gasteiger partial charge on any atom is 0.258 e. The fraction of sp³-hybridized carbons (Fsp3) is 0.467. The Hall–Kier alpha value is -2.59. The van der Waals surface area contributed by atoms with Crippen LogP contribution >= 0.6 is 11.3 Å². The molecule has 2 aliphatic heterocycles. The summed E-state index contributed by atoms with van der Waals surface area (Å²) in [5, 5.41) is 1.76. The number of Topliss-reactive ketones (excluding diaryl/α,β-unsaturated/α-hetero) is 1. The molecule has 1 aliphatic carbocycles.